The van der Waals surface area contributed by atoms with E-state index in [1.165, 1.54) is 0 Å². The summed E-state index contributed by atoms with van der Waals surface area (Å²) in [7, 11) is 3.54. The van der Waals surface area contributed by atoms with E-state index in [1.807, 2.05) is 23.8 Å². The third-order valence-corrected chi connectivity index (χ3v) is 3.78. The molecule has 2 rings (SSSR count). The van der Waals surface area contributed by atoms with Gasteiger partial charge >= 0.3 is 0 Å². The first-order chi connectivity index (χ1) is 10.6. The molecule has 2 heterocycles. The molecule has 0 saturated carbocycles. The van der Waals surface area contributed by atoms with Gasteiger partial charge in [-0.25, -0.2) is 0 Å². The van der Waals surface area contributed by atoms with Crippen molar-refractivity contribution in [3.8, 4) is 0 Å². The molecule has 0 spiro atoms. The Kier molecular flexibility index (Phi) is 6.29. The summed E-state index contributed by atoms with van der Waals surface area (Å²) in [5.41, 5.74) is 0. The molecular formula is C14H25N5O3. The van der Waals surface area contributed by atoms with E-state index in [9.17, 15) is 4.79 Å². The Hall–Kier alpha value is -1.51. The first-order valence-corrected chi connectivity index (χ1v) is 7.62. The topological polar surface area (TPSA) is 83.7 Å². The minimum Gasteiger partial charge on any atom is -0.374 e. The monoisotopic (exact) mass is 311 g/mol. The summed E-state index contributed by atoms with van der Waals surface area (Å²) in [5, 5.41) is 7.13. The van der Waals surface area contributed by atoms with Gasteiger partial charge in [0.1, 0.15) is 6.10 Å². The average Bonchev–Trinajstić information content (AvgIpc) is 3.01. The number of methoxy groups -OCH3 is 1. The van der Waals surface area contributed by atoms with Crippen molar-refractivity contribution in [1.29, 1.82) is 0 Å². The maximum Gasteiger partial charge on any atom is 0.240 e. The average molecular weight is 311 g/mol. The van der Waals surface area contributed by atoms with Crippen LogP contribution in [0, 0.1) is 0 Å². The van der Waals surface area contributed by atoms with Crippen molar-refractivity contribution < 1.29 is 14.1 Å². The van der Waals surface area contributed by atoms with Gasteiger partial charge in [0.15, 0.2) is 5.82 Å². The highest BCUT2D eigenvalue weighted by atomic mass is 16.5. The second-order valence-corrected chi connectivity index (χ2v) is 5.54. The quantitative estimate of drug-likeness (QED) is 0.760. The second-order valence-electron chi connectivity index (χ2n) is 5.54. The Labute approximate surface area is 130 Å². The number of piperazine rings is 1. The summed E-state index contributed by atoms with van der Waals surface area (Å²) in [6.45, 7) is 6.41. The van der Waals surface area contributed by atoms with E-state index in [1.54, 1.807) is 7.11 Å². The molecule has 1 N–H and O–H groups in total. The molecule has 1 amide bonds. The Balaban J connectivity index is 1.74. The zero-order valence-electron chi connectivity index (χ0n) is 13.5. The predicted molar refractivity (Wildman–Crippen MR) is 80.1 cm³/mol. The molecule has 0 aromatic carbocycles. The number of aromatic nitrogens is 2. The lowest BCUT2D eigenvalue weighted by molar-refractivity contribution is -0.132. The fourth-order valence-corrected chi connectivity index (χ4v) is 2.27. The zero-order valence-corrected chi connectivity index (χ0v) is 13.5. The number of carbonyl (C=O) groups excluding carboxylic acids is 1. The van der Waals surface area contributed by atoms with Crippen LogP contribution in [-0.2, 0) is 16.1 Å². The Morgan fingerprint density at radius 2 is 2.23 bits per heavy atom. The first-order valence-electron chi connectivity index (χ1n) is 7.62. The van der Waals surface area contributed by atoms with Gasteiger partial charge in [0, 0.05) is 46.3 Å². The van der Waals surface area contributed by atoms with Gasteiger partial charge in [0.2, 0.25) is 11.8 Å². The summed E-state index contributed by atoms with van der Waals surface area (Å²) in [6.07, 6.45) is 0.323. The van der Waals surface area contributed by atoms with Gasteiger partial charge in [-0.15, -0.1) is 0 Å². The summed E-state index contributed by atoms with van der Waals surface area (Å²) in [5.74, 6) is 1.28. The van der Waals surface area contributed by atoms with E-state index in [0.717, 1.165) is 26.2 Å². The van der Waals surface area contributed by atoms with E-state index in [0.29, 0.717) is 31.2 Å². The minimum atomic E-state index is -0.183. The summed E-state index contributed by atoms with van der Waals surface area (Å²) >= 11 is 0. The lowest BCUT2D eigenvalue weighted by Crippen LogP contribution is -2.47. The van der Waals surface area contributed by atoms with Crippen LogP contribution in [0.5, 0.6) is 0 Å². The fourth-order valence-electron chi connectivity index (χ4n) is 2.27. The second kappa shape index (κ2) is 8.21. The molecule has 8 nitrogen and oxygen atoms in total. The number of amides is 1. The molecule has 1 aliphatic rings. The molecule has 1 aromatic rings. The van der Waals surface area contributed by atoms with Crippen LogP contribution < -0.4 is 5.32 Å². The van der Waals surface area contributed by atoms with E-state index < -0.39 is 0 Å². The van der Waals surface area contributed by atoms with Crippen molar-refractivity contribution >= 4 is 5.91 Å². The SMILES string of the molecule is COC(C)c1noc(CN(C)CCC(=O)N2CCNCC2)n1. The number of rotatable bonds is 7. The molecule has 1 atom stereocenters. The molecule has 1 aliphatic heterocycles. The highest BCUT2D eigenvalue weighted by Gasteiger charge is 2.18. The Morgan fingerprint density at radius 3 is 2.91 bits per heavy atom. The molecule has 124 valence electrons. The molecule has 0 bridgehead atoms. The number of nitrogens with zero attached hydrogens (tertiary/aromatic N) is 4. The van der Waals surface area contributed by atoms with E-state index in [2.05, 4.69) is 15.5 Å². The highest BCUT2D eigenvalue weighted by molar-refractivity contribution is 5.76. The van der Waals surface area contributed by atoms with Gasteiger partial charge < -0.3 is 19.5 Å². The van der Waals surface area contributed by atoms with Crippen LogP contribution in [0.1, 0.15) is 31.2 Å². The van der Waals surface area contributed by atoms with Crippen molar-refractivity contribution in [2.75, 3.05) is 46.9 Å². The standard InChI is InChI=1S/C14H25N5O3/c1-11(21-3)14-16-12(22-17-14)10-18(2)7-4-13(20)19-8-5-15-6-9-19/h11,15H,4-10H2,1-3H3. The largest absolute Gasteiger partial charge is 0.374 e. The predicted octanol–water partition coefficient (Wildman–Crippen LogP) is 0.0307. The number of hydrogen-bond acceptors (Lipinski definition) is 7. The highest BCUT2D eigenvalue weighted by Crippen LogP contribution is 2.12. The number of hydrogen-bond donors (Lipinski definition) is 1. The lowest BCUT2D eigenvalue weighted by Gasteiger charge is -2.28. The summed E-state index contributed by atoms with van der Waals surface area (Å²) < 4.78 is 10.3. The lowest BCUT2D eigenvalue weighted by atomic mass is 10.3. The van der Waals surface area contributed by atoms with Crippen LogP contribution in [0.3, 0.4) is 0 Å². The molecule has 1 aromatic heterocycles. The van der Waals surface area contributed by atoms with Crippen LogP contribution in [0.2, 0.25) is 0 Å². The first kappa shape index (κ1) is 16.9. The van der Waals surface area contributed by atoms with Crippen molar-refractivity contribution in [3.05, 3.63) is 11.7 Å². The molecule has 1 unspecified atom stereocenters. The molecular weight excluding hydrogens is 286 g/mol. The Morgan fingerprint density at radius 1 is 1.50 bits per heavy atom. The van der Waals surface area contributed by atoms with Crippen LogP contribution in [0.15, 0.2) is 4.52 Å². The molecule has 1 fully saturated rings. The smallest absolute Gasteiger partial charge is 0.240 e. The maximum atomic E-state index is 12.1. The van der Waals surface area contributed by atoms with Crippen molar-refractivity contribution in [2.24, 2.45) is 0 Å². The summed E-state index contributed by atoms with van der Waals surface area (Å²) in [6, 6.07) is 0. The number of ether oxygens (including phenoxy) is 1. The molecule has 8 heteroatoms. The van der Waals surface area contributed by atoms with Gasteiger partial charge in [0.25, 0.3) is 0 Å². The maximum absolute atomic E-state index is 12.1. The van der Waals surface area contributed by atoms with Crippen LogP contribution in [0.4, 0.5) is 0 Å². The van der Waals surface area contributed by atoms with Crippen LogP contribution >= 0.6 is 0 Å². The van der Waals surface area contributed by atoms with Crippen LogP contribution in [-0.4, -0.2) is 72.7 Å². The third-order valence-electron chi connectivity index (χ3n) is 3.78. The molecule has 1 saturated heterocycles. The van der Waals surface area contributed by atoms with Gasteiger partial charge in [-0.1, -0.05) is 5.16 Å². The molecule has 0 radical (unpaired) electrons. The Bertz CT molecular complexity index is 473. The number of nitrogens with one attached hydrogen (secondary N) is 1. The summed E-state index contributed by atoms with van der Waals surface area (Å²) in [4.78, 5) is 20.3. The number of carbonyl (C=O) groups is 1. The van der Waals surface area contributed by atoms with Crippen molar-refractivity contribution in [3.63, 3.8) is 0 Å². The van der Waals surface area contributed by atoms with Gasteiger partial charge in [-0.2, -0.15) is 4.98 Å². The molecule has 0 aliphatic carbocycles. The van der Waals surface area contributed by atoms with Crippen molar-refractivity contribution in [1.82, 2.24) is 25.3 Å². The van der Waals surface area contributed by atoms with E-state index in [4.69, 9.17) is 9.26 Å². The van der Waals surface area contributed by atoms with Gasteiger partial charge in [0.05, 0.1) is 6.54 Å². The van der Waals surface area contributed by atoms with Gasteiger partial charge in [-0.3, -0.25) is 9.69 Å². The van der Waals surface area contributed by atoms with Crippen LogP contribution in [0.25, 0.3) is 0 Å². The fraction of sp³-hybridized carbons (Fsp3) is 0.786. The molecule has 22 heavy (non-hydrogen) atoms. The third kappa shape index (κ3) is 4.75. The normalized spacial score (nSPS) is 17.0. The van der Waals surface area contributed by atoms with E-state index in [-0.39, 0.29) is 12.0 Å². The van der Waals surface area contributed by atoms with E-state index >= 15 is 0 Å². The zero-order chi connectivity index (χ0) is 15.9. The minimum absolute atomic E-state index is 0.183. The van der Waals surface area contributed by atoms with Gasteiger partial charge in [-0.05, 0) is 14.0 Å². The van der Waals surface area contributed by atoms with Crippen molar-refractivity contribution in [2.45, 2.75) is 26.0 Å².